The number of nitrogens with zero attached hydrogens (tertiary/aromatic N) is 1. The predicted octanol–water partition coefficient (Wildman–Crippen LogP) is 2.50. The molecule has 20 heavy (non-hydrogen) atoms. The first-order chi connectivity index (χ1) is 9.34. The number of hydrogen-bond donors (Lipinski definition) is 1. The third kappa shape index (κ3) is 3.17. The Bertz CT molecular complexity index is 578. The van der Waals surface area contributed by atoms with Gasteiger partial charge in [0, 0.05) is 18.1 Å². The highest BCUT2D eigenvalue weighted by molar-refractivity contribution is 7.89. The van der Waals surface area contributed by atoms with Crippen LogP contribution in [0.1, 0.15) is 25.8 Å². The molecule has 0 amide bonds. The largest absolute Gasteiger partial charge is 0.392 e. The molecule has 1 heterocycles. The lowest BCUT2D eigenvalue weighted by molar-refractivity contribution is 0.222. The van der Waals surface area contributed by atoms with Crippen LogP contribution in [0.3, 0.4) is 0 Å². The van der Waals surface area contributed by atoms with Crippen molar-refractivity contribution in [2.75, 3.05) is 13.1 Å². The average Bonchev–Trinajstić information content (AvgIpc) is 2.37. The van der Waals surface area contributed by atoms with Gasteiger partial charge in [0.1, 0.15) is 0 Å². The van der Waals surface area contributed by atoms with Crippen LogP contribution in [-0.2, 0) is 16.6 Å². The number of aliphatic hydroxyl groups excluding tert-OH is 1. The second kappa shape index (κ2) is 6.02. The molecule has 6 heteroatoms. The first-order valence-corrected chi connectivity index (χ1v) is 8.56. The van der Waals surface area contributed by atoms with E-state index in [2.05, 4.69) is 13.8 Å². The summed E-state index contributed by atoms with van der Waals surface area (Å²) >= 11 is 5.99. The van der Waals surface area contributed by atoms with Crippen molar-refractivity contribution in [1.29, 1.82) is 0 Å². The summed E-state index contributed by atoms with van der Waals surface area (Å²) in [6.45, 7) is 5.04. The van der Waals surface area contributed by atoms with Crippen molar-refractivity contribution in [2.45, 2.75) is 31.8 Å². The van der Waals surface area contributed by atoms with Crippen LogP contribution in [0.4, 0.5) is 0 Å². The maximum absolute atomic E-state index is 12.6. The van der Waals surface area contributed by atoms with Gasteiger partial charge in [0.05, 0.1) is 11.5 Å². The number of piperidine rings is 1. The molecule has 2 unspecified atom stereocenters. The Hall–Kier alpha value is -0.620. The first-order valence-electron chi connectivity index (χ1n) is 6.74. The topological polar surface area (TPSA) is 57.6 Å². The summed E-state index contributed by atoms with van der Waals surface area (Å²) in [5, 5.41) is 9.37. The zero-order chi connectivity index (χ0) is 14.9. The predicted molar refractivity (Wildman–Crippen MR) is 79.1 cm³/mol. The van der Waals surface area contributed by atoms with Crippen molar-refractivity contribution in [3.8, 4) is 0 Å². The number of hydrogen-bond acceptors (Lipinski definition) is 3. The van der Waals surface area contributed by atoms with E-state index in [9.17, 15) is 8.42 Å². The van der Waals surface area contributed by atoms with Gasteiger partial charge < -0.3 is 5.11 Å². The second-order valence-electron chi connectivity index (χ2n) is 5.68. The first kappa shape index (κ1) is 15.8. The van der Waals surface area contributed by atoms with Crippen molar-refractivity contribution in [3.05, 3.63) is 28.8 Å². The van der Waals surface area contributed by atoms with Crippen LogP contribution in [0.25, 0.3) is 0 Å². The molecule has 1 fully saturated rings. The van der Waals surface area contributed by atoms with Gasteiger partial charge in [0.25, 0.3) is 0 Å². The summed E-state index contributed by atoms with van der Waals surface area (Å²) < 4.78 is 26.8. The summed E-state index contributed by atoms with van der Waals surface area (Å²) in [6.07, 6.45) is 1.05. The normalized spacial score (nSPS) is 24.8. The Morgan fingerprint density at radius 3 is 2.40 bits per heavy atom. The van der Waals surface area contributed by atoms with Gasteiger partial charge in [-0.25, -0.2) is 8.42 Å². The zero-order valence-electron chi connectivity index (χ0n) is 11.7. The van der Waals surface area contributed by atoms with E-state index in [-0.39, 0.29) is 16.5 Å². The van der Waals surface area contributed by atoms with Crippen molar-refractivity contribution in [2.24, 2.45) is 11.8 Å². The standard InChI is InChI=1S/C14H20ClNO3S/c1-10-5-11(2)8-16(7-10)20(18,19)13-4-3-12(9-17)14(15)6-13/h3-4,6,10-11,17H,5,7-9H2,1-2H3. The number of rotatable bonds is 3. The van der Waals surface area contributed by atoms with E-state index in [4.69, 9.17) is 16.7 Å². The molecule has 0 saturated carbocycles. The zero-order valence-corrected chi connectivity index (χ0v) is 13.3. The Balaban J connectivity index is 2.32. The van der Waals surface area contributed by atoms with E-state index in [1.54, 1.807) is 6.07 Å². The molecule has 2 rings (SSSR count). The second-order valence-corrected chi connectivity index (χ2v) is 8.02. The molecule has 0 bridgehead atoms. The van der Waals surface area contributed by atoms with Crippen LogP contribution < -0.4 is 0 Å². The molecule has 1 aromatic rings. The fourth-order valence-corrected chi connectivity index (χ4v) is 4.78. The summed E-state index contributed by atoms with van der Waals surface area (Å²) in [5.41, 5.74) is 0.533. The van der Waals surface area contributed by atoms with Gasteiger partial charge >= 0.3 is 0 Å². The Morgan fingerprint density at radius 2 is 1.90 bits per heavy atom. The van der Waals surface area contributed by atoms with Crippen LogP contribution in [0.5, 0.6) is 0 Å². The Labute approximate surface area is 125 Å². The minimum atomic E-state index is -3.51. The van der Waals surface area contributed by atoms with Crippen LogP contribution in [0.2, 0.25) is 5.02 Å². The average molecular weight is 318 g/mol. The number of sulfonamides is 1. The molecular formula is C14H20ClNO3S. The maximum Gasteiger partial charge on any atom is 0.243 e. The molecule has 1 aromatic carbocycles. The molecule has 4 nitrogen and oxygen atoms in total. The van der Waals surface area contributed by atoms with Crippen molar-refractivity contribution >= 4 is 21.6 Å². The van der Waals surface area contributed by atoms with E-state index in [1.165, 1.54) is 16.4 Å². The van der Waals surface area contributed by atoms with Crippen LogP contribution in [0.15, 0.2) is 23.1 Å². The lowest BCUT2D eigenvalue weighted by Gasteiger charge is -2.34. The van der Waals surface area contributed by atoms with E-state index in [0.717, 1.165) is 6.42 Å². The van der Waals surface area contributed by atoms with Crippen molar-refractivity contribution in [1.82, 2.24) is 4.31 Å². The van der Waals surface area contributed by atoms with Crippen LogP contribution in [0, 0.1) is 11.8 Å². The molecule has 0 spiro atoms. The van der Waals surface area contributed by atoms with Crippen LogP contribution >= 0.6 is 11.6 Å². The molecule has 1 N–H and O–H groups in total. The summed E-state index contributed by atoms with van der Waals surface area (Å²) in [5.74, 6) is 0.724. The van der Waals surface area contributed by atoms with Gasteiger partial charge in [-0.1, -0.05) is 31.5 Å². The summed E-state index contributed by atoms with van der Waals surface area (Å²) in [7, 11) is -3.51. The third-order valence-electron chi connectivity index (χ3n) is 3.67. The molecule has 112 valence electrons. The molecule has 0 aliphatic carbocycles. The van der Waals surface area contributed by atoms with Gasteiger partial charge in [0.15, 0.2) is 0 Å². The van der Waals surface area contributed by atoms with Gasteiger partial charge in [-0.05, 0) is 36.0 Å². The highest BCUT2D eigenvalue weighted by Gasteiger charge is 2.31. The Kier molecular flexibility index (Phi) is 4.74. The van der Waals surface area contributed by atoms with Gasteiger partial charge in [-0.2, -0.15) is 4.31 Å². The summed E-state index contributed by atoms with van der Waals surface area (Å²) in [4.78, 5) is 0.195. The van der Waals surface area contributed by atoms with E-state index in [0.29, 0.717) is 30.5 Å². The quantitative estimate of drug-likeness (QED) is 0.932. The van der Waals surface area contributed by atoms with Crippen LogP contribution in [-0.4, -0.2) is 30.9 Å². The lowest BCUT2D eigenvalue weighted by Crippen LogP contribution is -2.42. The van der Waals surface area contributed by atoms with E-state index < -0.39 is 10.0 Å². The highest BCUT2D eigenvalue weighted by Crippen LogP contribution is 2.28. The van der Waals surface area contributed by atoms with Gasteiger partial charge in [-0.3, -0.25) is 0 Å². The molecule has 0 aromatic heterocycles. The molecule has 1 aliphatic rings. The highest BCUT2D eigenvalue weighted by atomic mass is 35.5. The molecule has 0 radical (unpaired) electrons. The summed E-state index contributed by atoms with van der Waals surface area (Å²) in [6, 6.07) is 4.50. The SMILES string of the molecule is CC1CC(C)CN(S(=O)(=O)c2ccc(CO)c(Cl)c2)C1. The fourth-order valence-electron chi connectivity index (χ4n) is 2.77. The minimum Gasteiger partial charge on any atom is -0.392 e. The molecule has 2 atom stereocenters. The molecule has 1 aliphatic heterocycles. The fraction of sp³-hybridized carbons (Fsp3) is 0.571. The number of halogens is 1. The number of benzene rings is 1. The third-order valence-corrected chi connectivity index (χ3v) is 5.85. The van der Waals surface area contributed by atoms with Crippen molar-refractivity contribution in [3.63, 3.8) is 0 Å². The van der Waals surface area contributed by atoms with E-state index >= 15 is 0 Å². The molecular weight excluding hydrogens is 298 g/mol. The van der Waals surface area contributed by atoms with E-state index in [1.807, 2.05) is 0 Å². The smallest absolute Gasteiger partial charge is 0.243 e. The lowest BCUT2D eigenvalue weighted by atomic mass is 9.94. The monoisotopic (exact) mass is 317 g/mol. The maximum atomic E-state index is 12.6. The van der Waals surface area contributed by atoms with Gasteiger partial charge in [-0.15, -0.1) is 0 Å². The minimum absolute atomic E-state index is 0.195. The Morgan fingerprint density at radius 1 is 1.30 bits per heavy atom. The number of aliphatic hydroxyl groups is 1. The van der Waals surface area contributed by atoms with Crippen molar-refractivity contribution < 1.29 is 13.5 Å². The van der Waals surface area contributed by atoms with Gasteiger partial charge in [0.2, 0.25) is 10.0 Å². The molecule has 1 saturated heterocycles.